The lowest BCUT2D eigenvalue weighted by molar-refractivity contribution is 0.0935. The van der Waals surface area contributed by atoms with Gasteiger partial charge in [-0.2, -0.15) is 9.78 Å². The Labute approximate surface area is 183 Å². The fourth-order valence-corrected chi connectivity index (χ4v) is 3.75. The summed E-state index contributed by atoms with van der Waals surface area (Å²) in [6.07, 6.45) is 3.75. The van der Waals surface area contributed by atoms with Gasteiger partial charge in [-0.1, -0.05) is 11.6 Å². The van der Waals surface area contributed by atoms with Gasteiger partial charge < -0.3 is 10.6 Å². The summed E-state index contributed by atoms with van der Waals surface area (Å²) in [7, 11) is -2.01. The molecule has 0 bridgehead atoms. The molecule has 12 heteroatoms. The van der Waals surface area contributed by atoms with Crippen LogP contribution in [0.5, 0.6) is 0 Å². The fourth-order valence-electron chi connectivity index (χ4n) is 2.76. The van der Waals surface area contributed by atoms with Crippen LogP contribution in [0, 0.1) is 0 Å². The number of sulfone groups is 1. The molecular formula is C19H19ClN6O4S. The van der Waals surface area contributed by atoms with Gasteiger partial charge in [-0.15, -0.1) is 0 Å². The molecule has 0 aliphatic rings. The van der Waals surface area contributed by atoms with Crippen molar-refractivity contribution < 1.29 is 18.0 Å². The molecule has 0 aliphatic carbocycles. The molecule has 2 N–H and O–H groups in total. The van der Waals surface area contributed by atoms with Gasteiger partial charge in [0.15, 0.2) is 21.5 Å². The Morgan fingerprint density at radius 2 is 1.84 bits per heavy atom. The van der Waals surface area contributed by atoms with Crippen LogP contribution in [-0.4, -0.2) is 53.3 Å². The maximum Gasteiger partial charge on any atom is 0.252 e. The van der Waals surface area contributed by atoms with E-state index in [4.69, 9.17) is 11.6 Å². The molecule has 0 saturated heterocycles. The number of pyridine rings is 1. The fraction of sp³-hybridized carbons (Fsp3) is 0.211. The van der Waals surface area contributed by atoms with Crippen LogP contribution in [0.25, 0.3) is 5.82 Å². The van der Waals surface area contributed by atoms with E-state index in [-0.39, 0.29) is 21.4 Å². The van der Waals surface area contributed by atoms with Crippen LogP contribution >= 0.6 is 11.6 Å². The zero-order valence-electron chi connectivity index (χ0n) is 16.8. The van der Waals surface area contributed by atoms with Crippen molar-refractivity contribution in [1.29, 1.82) is 0 Å². The Morgan fingerprint density at radius 3 is 2.45 bits per heavy atom. The molecule has 1 aromatic carbocycles. The minimum atomic E-state index is -3.54. The highest BCUT2D eigenvalue weighted by atomic mass is 35.5. The average molecular weight is 463 g/mol. The van der Waals surface area contributed by atoms with Crippen molar-refractivity contribution in [3.05, 3.63) is 64.8 Å². The summed E-state index contributed by atoms with van der Waals surface area (Å²) in [5, 5.41) is 9.52. The predicted octanol–water partition coefficient (Wildman–Crippen LogP) is 1.57. The summed E-state index contributed by atoms with van der Waals surface area (Å²) in [5.41, 5.74) is 0.482. The number of halogens is 1. The molecule has 0 aliphatic heterocycles. The number of hydrogen-bond donors (Lipinski definition) is 2. The number of carbonyl (C=O) groups is 2. The number of rotatable bonds is 6. The van der Waals surface area contributed by atoms with E-state index in [1.54, 1.807) is 19.1 Å². The lowest BCUT2D eigenvalue weighted by Crippen LogP contribution is -2.29. The second-order valence-corrected chi connectivity index (χ2v) is 9.11. The largest absolute Gasteiger partial charge is 0.355 e. The summed E-state index contributed by atoms with van der Waals surface area (Å²) >= 11 is 5.98. The Bertz CT molecular complexity index is 1240. The third-order valence-corrected chi connectivity index (χ3v) is 5.64. The number of nitrogens with one attached hydrogen (secondary N) is 2. The van der Waals surface area contributed by atoms with Gasteiger partial charge in [0.2, 0.25) is 0 Å². The first kappa shape index (κ1) is 22.4. The minimum Gasteiger partial charge on any atom is -0.355 e. The van der Waals surface area contributed by atoms with Gasteiger partial charge in [-0.05, 0) is 37.3 Å². The Balaban J connectivity index is 1.84. The SMILES string of the molecule is CNC(=O)c1ccc(-n2ncnc2[C@@H](C)NC(=O)c2cc(Cl)cc(S(C)(=O)=O)c2)nc1. The Morgan fingerprint density at radius 1 is 1.10 bits per heavy atom. The highest BCUT2D eigenvalue weighted by Crippen LogP contribution is 2.20. The van der Waals surface area contributed by atoms with Gasteiger partial charge in [0.25, 0.3) is 11.8 Å². The highest BCUT2D eigenvalue weighted by molar-refractivity contribution is 7.90. The third kappa shape index (κ3) is 5.06. The Kier molecular flexibility index (Phi) is 6.37. The van der Waals surface area contributed by atoms with Crippen molar-refractivity contribution in [3.63, 3.8) is 0 Å². The van der Waals surface area contributed by atoms with E-state index in [1.165, 1.54) is 42.5 Å². The number of carbonyl (C=O) groups excluding carboxylic acids is 2. The van der Waals surface area contributed by atoms with Crippen molar-refractivity contribution in [3.8, 4) is 5.82 Å². The van der Waals surface area contributed by atoms with Gasteiger partial charge in [-0.25, -0.2) is 18.4 Å². The van der Waals surface area contributed by atoms with Gasteiger partial charge in [-0.3, -0.25) is 9.59 Å². The second-order valence-electron chi connectivity index (χ2n) is 6.66. The first-order chi connectivity index (χ1) is 14.6. The molecule has 0 radical (unpaired) electrons. The lowest BCUT2D eigenvalue weighted by atomic mass is 10.2. The van der Waals surface area contributed by atoms with Gasteiger partial charge in [0.05, 0.1) is 16.5 Å². The molecule has 0 saturated carbocycles. The average Bonchev–Trinajstić information content (AvgIpc) is 3.22. The van der Waals surface area contributed by atoms with Crippen LogP contribution in [0.2, 0.25) is 5.02 Å². The normalized spacial score (nSPS) is 12.3. The van der Waals surface area contributed by atoms with Crippen molar-refractivity contribution in [2.45, 2.75) is 17.9 Å². The maximum absolute atomic E-state index is 12.7. The number of aromatic nitrogens is 4. The molecule has 2 aromatic heterocycles. The molecular weight excluding hydrogens is 444 g/mol. The number of hydrogen-bond acceptors (Lipinski definition) is 7. The molecule has 3 aromatic rings. The van der Waals surface area contributed by atoms with Crippen molar-refractivity contribution in [2.24, 2.45) is 0 Å². The van der Waals surface area contributed by atoms with Crippen LogP contribution in [0.15, 0.2) is 47.8 Å². The van der Waals surface area contributed by atoms with Crippen molar-refractivity contribution >= 4 is 33.3 Å². The predicted molar refractivity (Wildman–Crippen MR) is 113 cm³/mol. The van der Waals surface area contributed by atoms with E-state index in [0.29, 0.717) is 17.2 Å². The number of nitrogens with zero attached hydrogens (tertiary/aromatic N) is 4. The molecule has 162 valence electrons. The van der Waals surface area contributed by atoms with Crippen LogP contribution in [-0.2, 0) is 9.84 Å². The van der Waals surface area contributed by atoms with E-state index in [1.807, 2.05) is 0 Å². The van der Waals surface area contributed by atoms with E-state index in [2.05, 4.69) is 25.7 Å². The van der Waals surface area contributed by atoms with Gasteiger partial charge in [0.1, 0.15) is 6.33 Å². The topological polar surface area (TPSA) is 136 Å². The smallest absolute Gasteiger partial charge is 0.252 e. The molecule has 2 heterocycles. The summed E-state index contributed by atoms with van der Waals surface area (Å²) < 4.78 is 25.1. The van der Waals surface area contributed by atoms with Crippen LogP contribution < -0.4 is 10.6 Å². The van der Waals surface area contributed by atoms with Crippen LogP contribution in [0.3, 0.4) is 0 Å². The van der Waals surface area contributed by atoms with Gasteiger partial charge >= 0.3 is 0 Å². The molecule has 2 amide bonds. The molecule has 10 nitrogen and oxygen atoms in total. The minimum absolute atomic E-state index is 0.0543. The third-order valence-electron chi connectivity index (χ3n) is 4.32. The lowest BCUT2D eigenvalue weighted by Gasteiger charge is -2.15. The molecule has 3 rings (SSSR count). The van der Waals surface area contributed by atoms with Crippen LogP contribution in [0.4, 0.5) is 0 Å². The molecule has 0 fully saturated rings. The second kappa shape index (κ2) is 8.82. The summed E-state index contributed by atoms with van der Waals surface area (Å²) in [6, 6.07) is 6.51. The maximum atomic E-state index is 12.7. The van der Waals surface area contributed by atoms with E-state index >= 15 is 0 Å². The number of benzene rings is 1. The first-order valence-electron chi connectivity index (χ1n) is 9.00. The van der Waals surface area contributed by atoms with Crippen molar-refractivity contribution in [2.75, 3.05) is 13.3 Å². The monoisotopic (exact) mass is 462 g/mol. The summed E-state index contributed by atoms with van der Waals surface area (Å²) in [6.45, 7) is 1.69. The molecule has 1 atom stereocenters. The van der Waals surface area contributed by atoms with E-state index < -0.39 is 21.8 Å². The Hall–Kier alpha value is -3.31. The molecule has 0 spiro atoms. The zero-order chi connectivity index (χ0) is 22.8. The quantitative estimate of drug-likeness (QED) is 0.567. The van der Waals surface area contributed by atoms with Gasteiger partial charge in [0, 0.05) is 30.1 Å². The zero-order valence-corrected chi connectivity index (χ0v) is 18.4. The first-order valence-corrected chi connectivity index (χ1v) is 11.3. The highest BCUT2D eigenvalue weighted by Gasteiger charge is 2.20. The summed E-state index contributed by atoms with van der Waals surface area (Å²) in [5.74, 6) is -0.00636. The summed E-state index contributed by atoms with van der Waals surface area (Å²) in [4.78, 5) is 32.7. The van der Waals surface area contributed by atoms with E-state index in [9.17, 15) is 18.0 Å². The van der Waals surface area contributed by atoms with Crippen molar-refractivity contribution in [1.82, 2.24) is 30.4 Å². The van der Waals surface area contributed by atoms with E-state index in [0.717, 1.165) is 6.26 Å². The standard InChI is InChI=1S/C19H19ClN6O4S/c1-11(25-19(28)13-6-14(20)8-15(7-13)31(3,29)30)17-23-10-24-26(17)16-5-4-12(9-22-16)18(27)21-2/h4-11H,1-3H3,(H,21,27)(H,25,28)/t11-/m1/s1. The molecule has 31 heavy (non-hydrogen) atoms. The van der Waals surface area contributed by atoms with Crippen LogP contribution in [0.1, 0.15) is 39.5 Å². The number of amides is 2. The molecule has 0 unspecified atom stereocenters.